The third-order valence-electron chi connectivity index (χ3n) is 3.40. The Kier molecular flexibility index (Phi) is 5.65. The predicted octanol–water partition coefficient (Wildman–Crippen LogP) is 1.89. The molecule has 100 valence electrons. The van der Waals surface area contributed by atoms with Gasteiger partial charge in [0.05, 0.1) is 6.61 Å². The van der Waals surface area contributed by atoms with Crippen molar-refractivity contribution >= 4 is 0 Å². The smallest absolute Gasteiger partial charge is 0.0590 e. The van der Waals surface area contributed by atoms with Crippen LogP contribution in [0.25, 0.3) is 0 Å². The standard InChI is InChI=1S/C15H24N2O/c1-2-18-11-9-16-15-8-10-17(13-15)12-14-6-4-3-5-7-14/h3-7,15-16H,2,8-13H2,1H3. The average Bonchev–Trinajstić information content (AvgIpc) is 2.84. The molecule has 0 aliphatic carbocycles. The Morgan fingerprint density at radius 1 is 1.33 bits per heavy atom. The third-order valence-corrected chi connectivity index (χ3v) is 3.40. The van der Waals surface area contributed by atoms with Crippen LogP contribution in [0.1, 0.15) is 18.9 Å². The van der Waals surface area contributed by atoms with Gasteiger partial charge in [-0.15, -0.1) is 0 Å². The fourth-order valence-corrected chi connectivity index (χ4v) is 2.46. The number of hydrogen-bond donors (Lipinski definition) is 1. The number of nitrogens with one attached hydrogen (secondary N) is 1. The van der Waals surface area contributed by atoms with E-state index in [1.165, 1.54) is 18.5 Å². The van der Waals surface area contributed by atoms with Crippen LogP contribution in [0.5, 0.6) is 0 Å². The summed E-state index contributed by atoms with van der Waals surface area (Å²) in [4.78, 5) is 2.52. The lowest BCUT2D eigenvalue weighted by Gasteiger charge is -2.16. The number of nitrogens with zero attached hydrogens (tertiary/aromatic N) is 1. The quantitative estimate of drug-likeness (QED) is 0.746. The molecular formula is C15H24N2O. The van der Waals surface area contributed by atoms with Crippen LogP contribution in [0.2, 0.25) is 0 Å². The SMILES string of the molecule is CCOCCNC1CCN(Cc2ccccc2)C1. The summed E-state index contributed by atoms with van der Waals surface area (Å²) >= 11 is 0. The van der Waals surface area contributed by atoms with Gasteiger partial charge in [-0.1, -0.05) is 30.3 Å². The predicted molar refractivity (Wildman–Crippen MR) is 74.6 cm³/mol. The van der Waals surface area contributed by atoms with E-state index in [9.17, 15) is 0 Å². The van der Waals surface area contributed by atoms with Crippen molar-refractivity contribution in [3.05, 3.63) is 35.9 Å². The van der Waals surface area contributed by atoms with Crippen LogP contribution in [-0.2, 0) is 11.3 Å². The van der Waals surface area contributed by atoms with E-state index in [0.29, 0.717) is 6.04 Å². The molecular weight excluding hydrogens is 224 g/mol. The van der Waals surface area contributed by atoms with E-state index >= 15 is 0 Å². The number of hydrogen-bond acceptors (Lipinski definition) is 3. The molecule has 0 spiro atoms. The zero-order chi connectivity index (χ0) is 12.6. The van der Waals surface area contributed by atoms with Gasteiger partial charge in [0, 0.05) is 38.8 Å². The summed E-state index contributed by atoms with van der Waals surface area (Å²) in [6.07, 6.45) is 1.25. The van der Waals surface area contributed by atoms with E-state index in [2.05, 4.69) is 40.5 Å². The number of likely N-dealkylation sites (tertiary alicyclic amines) is 1. The first-order chi connectivity index (χ1) is 8.88. The lowest BCUT2D eigenvalue weighted by atomic mass is 10.2. The Hall–Kier alpha value is -0.900. The van der Waals surface area contributed by atoms with E-state index in [4.69, 9.17) is 4.74 Å². The van der Waals surface area contributed by atoms with E-state index in [-0.39, 0.29) is 0 Å². The maximum atomic E-state index is 5.34. The molecule has 0 amide bonds. The molecule has 2 rings (SSSR count). The van der Waals surface area contributed by atoms with Gasteiger partial charge in [0.15, 0.2) is 0 Å². The zero-order valence-corrected chi connectivity index (χ0v) is 11.3. The Morgan fingerprint density at radius 3 is 2.94 bits per heavy atom. The molecule has 1 aromatic carbocycles. The van der Waals surface area contributed by atoms with Gasteiger partial charge in [-0.3, -0.25) is 4.90 Å². The third kappa shape index (κ3) is 4.41. The van der Waals surface area contributed by atoms with Crippen LogP contribution >= 0.6 is 0 Å². The largest absolute Gasteiger partial charge is 0.380 e. The van der Waals surface area contributed by atoms with Gasteiger partial charge in [0.25, 0.3) is 0 Å². The van der Waals surface area contributed by atoms with Gasteiger partial charge in [0.2, 0.25) is 0 Å². The van der Waals surface area contributed by atoms with Crippen LogP contribution in [0.4, 0.5) is 0 Å². The van der Waals surface area contributed by atoms with Crippen molar-refractivity contribution in [1.29, 1.82) is 0 Å². The number of rotatable bonds is 7. The Bertz CT molecular complexity index is 329. The molecule has 1 heterocycles. The van der Waals surface area contributed by atoms with E-state index in [1.54, 1.807) is 0 Å². The second-order valence-corrected chi connectivity index (χ2v) is 4.86. The van der Waals surface area contributed by atoms with Gasteiger partial charge in [0.1, 0.15) is 0 Å². The highest BCUT2D eigenvalue weighted by atomic mass is 16.5. The Morgan fingerprint density at radius 2 is 2.17 bits per heavy atom. The molecule has 1 saturated heterocycles. The van der Waals surface area contributed by atoms with Gasteiger partial charge < -0.3 is 10.1 Å². The molecule has 3 nitrogen and oxygen atoms in total. The summed E-state index contributed by atoms with van der Waals surface area (Å²) in [6.45, 7) is 8.07. The maximum Gasteiger partial charge on any atom is 0.0590 e. The summed E-state index contributed by atoms with van der Waals surface area (Å²) in [5.41, 5.74) is 1.41. The van der Waals surface area contributed by atoms with Crippen LogP contribution in [0.15, 0.2) is 30.3 Å². The highest BCUT2D eigenvalue weighted by molar-refractivity contribution is 5.14. The minimum Gasteiger partial charge on any atom is -0.380 e. The fourth-order valence-electron chi connectivity index (χ4n) is 2.46. The van der Waals surface area contributed by atoms with Gasteiger partial charge in [-0.25, -0.2) is 0 Å². The monoisotopic (exact) mass is 248 g/mol. The molecule has 1 unspecified atom stereocenters. The molecule has 0 bridgehead atoms. The summed E-state index contributed by atoms with van der Waals surface area (Å²) in [7, 11) is 0. The average molecular weight is 248 g/mol. The van der Waals surface area contributed by atoms with Crippen molar-refractivity contribution in [2.45, 2.75) is 25.9 Å². The first-order valence-corrected chi connectivity index (χ1v) is 6.96. The van der Waals surface area contributed by atoms with Gasteiger partial charge in [-0.2, -0.15) is 0 Å². The molecule has 18 heavy (non-hydrogen) atoms. The second-order valence-electron chi connectivity index (χ2n) is 4.86. The van der Waals surface area contributed by atoms with Crippen LogP contribution in [0.3, 0.4) is 0 Å². The van der Waals surface area contributed by atoms with Crippen molar-refractivity contribution in [3.63, 3.8) is 0 Å². The molecule has 1 aromatic rings. The van der Waals surface area contributed by atoms with Crippen molar-refractivity contribution in [2.75, 3.05) is 32.8 Å². The normalized spacial score (nSPS) is 20.4. The Labute approximate surface area is 110 Å². The molecule has 1 N–H and O–H groups in total. The zero-order valence-electron chi connectivity index (χ0n) is 11.3. The first-order valence-electron chi connectivity index (χ1n) is 6.96. The molecule has 1 fully saturated rings. The van der Waals surface area contributed by atoms with Crippen molar-refractivity contribution < 1.29 is 4.74 Å². The minimum atomic E-state index is 0.633. The molecule has 0 aromatic heterocycles. The molecule has 1 aliphatic heterocycles. The van der Waals surface area contributed by atoms with Crippen LogP contribution < -0.4 is 5.32 Å². The summed E-state index contributed by atoms with van der Waals surface area (Å²) in [6, 6.07) is 11.3. The molecule has 0 radical (unpaired) electrons. The fraction of sp³-hybridized carbons (Fsp3) is 0.600. The van der Waals surface area contributed by atoms with Crippen molar-refractivity contribution in [1.82, 2.24) is 10.2 Å². The molecule has 1 atom stereocenters. The highest BCUT2D eigenvalue weighted by Crippen LogP contribution is 2.13. The van der Waals surface area contributed by atoms with E-state index in [0.717, 1.165) is 32.8 Å². The number of benzene rings is 1. The number of ether oxygens (including phenoxy) is 1. The topological polar surface area (TPSA) is 24.5 Å². The minimum absolute atomic E-state index is 0.633. The van der Waals surface area contributed by atoms with Gasteiger partial charge in [-0.05, 0) is 18.9 Å². The lowest BCUT2D eigenvalue weighted by molar-refractivity contribution is 0.146. The first kappa shape index (κ1) is 13.5. The van der Waals surface area contributed by atoms with Crippen LogP contribution in [-0.4, -0.2) is 43.8 Å². The second kappa shape index (κ2) is 7.52. The molecule has 3 heteroatoms. The van der Waals surface area contributed by atoms with Crippen LogP contribution in [0, 0.1) is 0 Å². The van der Waals surface area contributed by atoms with Gasteiger partial charge >= 0.3 is 0 Å². The van der Waals surface area contributed by atoms with Crippen molar-refractivity contribution in [3.8, 4) is 0 Å². The lowest BCUT2D eigenvalue weighted by Crippen LogP contribution is -2.34. The summed E-state index contributed by atoms with van der Waals surface area (Å²) in [5.74, 6) is 0. The molecule has 0 saturated carbocycles. The highest BCUT2D eigenvalue weighted by Gasteiger charge is 2.21. The summed E-state index contributed by atoms with van der Waals surface area (Å²) in [5, 5.41) is 3.57. The maximum absolute atomic E-state index is 5.34. The Balaban J connectivity index is 1.65. The summed E-state index contributed by atoms with van der Waals surface area (Å²) < 4.78 is 5.34. The molecule has 1 aliphatic rings. The van der Waals surface area contributed by atoms with E-state index in [1.807, 2.05) is 6.92 Å². The van der Waals surface area contributed by atoms with E-state index < -0.39 is 0 Å². The van der Waals surface area contributed by atoms with Crippen molar-refractivity contribution in [2.24, 2.45) is 0 Å².